The summed E-state index contributed by atoms with van der Waals surface area (Å²) in [6.45, 7) is 4.17. The van der Waals surface area contributed by atoms with E-state index < -0.39 is 0 Å². The Bertz CT molecular complexity index is 289. The van der Waals surface area contributed by atoms with Gasteiger partial charge in [-0.15, -0.1) is 0 Å². The van der Waals surface area contributed by atoms with E-state index in [1.165, 1.54) is 16.7 Å². The highest BCUT2D eigenvalue weighted by Crippen LogP contribution is 2.12. The number of hydrogen-bond donors (Lipinski definition) is 0. The molecule has 0 saturated carbocycles. The van der Waals surface area contributed by atoms with Crippen LogP contribution in [0.4, 0.5) is 0 Å². The molecule has 0 saturated heterocycles. The maximum Gasteiger partial charge on any atom is 0.0353 e. The highest BCUT2D eigenvalue weighted by molar-refractivity contribution is 5.34. The molecule has 0 atom stereocenters. The average molecular weight is 143 g/mol. The lowest BCUT2D eigenvalue weighted by atomic mass is 10.0. The first-order valence-corrected chi connectivity index (χ1v) is 3.70. The summed E-state index contributed by atoms with van der Waals surface area (Å²) in [5, 5.41) is 0. The molecular weight excluding hydrogens is 132 g/mol. The van der Waals surface area contributed by atoms with Crippen molar-refractivity contribution in [3.63, 3.8) is 0 Å². The van der Waals surface area contributed by atoms with Crippen LogP contribution in [0.25, 0.3) is 0 Å². The lowest BCUT2D eigenvalue weighted by Gasteiger charge is -2.03. The van der Waals surface area contributed by atoms with Crippen LogP contribution in [0.1, 0.15) is 16.7 Å². The van der Waals surface area contributed by atoms with Crippen LogP contribution >= 0.6 is 0 Å². The summed E-state index contributed by atoms with van der Waals surface area (Å²) in [4.78, 5) is 0. The van der Waals surface area contributed by atoms with Crippen LogP contribution < -0.4 is 0 Å². The third-order valence-electron chi connectivity index (χ3n) is 2.00. The molecule has 0 unspecified atom stereocenters. The number of benzene rings is 1. The van der Waals surface area contributed by atoms with Gasteiger partial charge in [0.1, 0.15) is 0 Å². The predicted molar refractivity (Wildman–Crippen MR) is 46.8 cm³/mol. The summed E-state index contributed by atoms with van der Waals surface area (Å²) >= 11 is 0. The fourth-order valence-corrected chi connectivity index (χ4v) is 1.10. The van der Waals surface area contributed by atoms with Crippen molar-refractivity contribution in [3.05, 3.63) is 41.3 Å². The third-order valence-corrected chi connectivity index (χ3v) is 2.00. The monoisotopic (exact) mass is 143 g/mol. The fourth-order valence-electron chi connectivity index (χ4n) is 1.10. The molecule has 0 bridgehead atoms. The summed E-state index contributed by atoms with van der Waals surface area (Å²) in [6, 6.07) is 6.15. The minimum atomic E-state index is 0.632. The Kier molecular flexibility index (Phi) is 2.33. The summed E-state index contributed by atoms with van der Waals surface area (Å²) in [6.07, 6.45) is 7.49. The van der Waals surface area contributed by atoms with Gasteiger partial charge < -0.3 is 0 Å². The molecular formula is C11H11. The third kappa shape index (κ3) is 1.62. The van der Waals surface area contributed by atoms with Crippen LogP contribution in [0, 0.1) is 26.2 Å². The van der Waals surface area contributed by atoms with E-state index in [9.17, 15) is 0 Å². The van der Waals surface area contributed by atoms with Crippen LogP contribution in [-0.2, 0) is 6.42 Å². The van der Waals surface area contributed by atoms with Gasteiger partial charge in [-0.25, -0.2) is 0 Å². The topological polar surface area (TPSA) is 0 Å². The SMILES string of the molecule is [C]#CCc1cccc(C)c1C. The zero-order chi connectivity index (χ0) is 8.27. The van der Waals surface area contributed by atoms with Gasteiger partial charge in [-0.1, -0.05) is 24.1 Å². The molecule has 0 aliphatic carbocycles. The molecule has 0 amide bonds. The van der Waals surface area contributed by atoms with Crippen LogP contribution in [0.15, 0.2) is 18.2 Å². The zero-order valence-corrected chi connectivity index (χ0v) is 6.94. The quantitative estimate of drug-likeness (QED) is 0.530. The Balaban J connectivity index is 3.08. The maximum atomic E-state index is 6.86. The van der Waals surface area contributed by atoms with Crippen LogP contribution in [0.2, 0.25) is 0 Å². The lowest BCUT2D eigenvalue weighted by molar-refractivity contribution is 1.20. The molecule has 0 spiro atoms. The van der Waals surface area contributed by atoms with Crippen LogP contribution in [0.5, 0.6) is 0 Å². The van der Waals surface area contributed by atoms with Crippen molar-refractivity contribution in [2.24, 2.45) is 0 Å². The molecule has 0 aliphatic rings. The number of aryl methyl sites for hydroxylation is 1. The molecule has 1 aromatic rings. The summed E-state index contributed by atoms with van der Waals surface area (Å²) in [5.41, 5.74) is 3.78. The van der Waals surface area contributed by atoms with Gasteiger partial charge in [-0.05, 0) is 37.0 Å². The standard InChI is InChI=1S/C11H11/c1-4-6-11-8-5-7-9(2)10(11)3/h5,7-8H,6H2,2-3H3. The molecule has 1 radical (unpaired) electrons. The van der Waals surface area contributed by atoms with Crippen molar-refractivity contribution >= 4 is 0 Å². The van der Waals surface area contributed by atoms with Crippen molar-refractivity contribution in [3.8, 4) is 5.92 Å². The van der Waals surface area contributed by atoms with E-state index in [4.69, 9.17) is 6.42 Å². The predicted octanol–water partition coefficient (Wildman–Crippen LogP) is 2.44. The Labute approximate surface area is 68.3 Å². The molecule has 1 aromatic carbocycles. The molecule has 0 nitrogen and oxygen atoms in total. The van der Waals surface area contributed by atoms with E-state index in [2.05, 4.69) is 25.8 Å². The van der Waals surface area contributed by atoms with Crippen molar-refractivity contribution in [2.45, 2.75) is 20.3 Å². The summed E-state index contributed by atoms with van der Waals surface area (Å²) in [7, 11) is 0. The second-order valence-electron chi connectivity index (χ2n) is 2.71. The highest BCUT2D eigenvalue weighted by Gasteiger charge is 1.97. The van der Waals surface area contributed by atoms with E-state index >= 15 is 0 Å². The van der Waals surface area contributed by atoms with Gasteiger partial charge in [0.2, 0.25) is 0 Å². The Hall–Kier alpha value is -1.22. The first-order chi connectivity index (χ1) is 5.25. The van der Waals surface area contributed by atoms with E-state index in [0.29, 0.717) is 6.42 Å². The summed E-state index contributed by atoms with van der Waals surface area (Å²) in [5.74, 6) is 2.40. The molecule has 1 rings (SSSR count). The van der Waals surface area contributed by atoms with Gasteiger partial charge in [-0.3, -0.25) is 0 Å². The van der Waals surface area contributed by atoms with E-state index in [1.54, 1.807) is 0 Å². The van der Waals surface area contributed by atoms with E-state index in [-0.39, 0.29) is 0 Å². The minimum absolute atomic E-state index is 0.632. The molecule has 0 aromatic heterocycles. The van der Waals surface area contributed by atoms with Crippen molar-refractivity contribution < 1.29 is 0 Å². The Morgan fingerprint density at radius 2 is 2.09 bits per heavy atom. The zero-order valence-electron chi connectivity index (χ0n) is 6.94. The van der Waals surface area contributed by atoms with E-state index in [1.807, 2.05) is 12.1 Å². The normalized spacial score (nSPS) is 9.18. The largest absolute Gasteiger partial charge is 0.0843 e. The first kappa shape index (κ1) is 7.88. The van der Waals surface area contributed by atoms with Crippen molar-refractivity contribution in [1.82, 2.24) is 0 Å². The highest BCUT2D eigenvalue weighted by atomic mass is 14.0. The van der Waals surface area contributed by atoms with Gasteiger partial charge in [0.05, 0.1) is 0 Å². The van der Waals surface area contributed by atoms with Crippen LogP contribution in [-0.4, -0.2) is 0 Å². The molecule has 0 heterocycles. The second kappa shape index (κ2) is 3.25. The number of hydrogen-bond acceptors (Lipinski definition) is 0. The molecule has 11 heavy (non-hydrogen) atoms. The minimum Gasteiger partial charge on any atom is -0.0843 e. The molecule has 0 fully saturated rings. The van der Waals surface area contributed by atoms with Gasteiger partial charge in [0.15, 0.2) is 0 Å². The van der Waals surface area contributed by atoms with Crippen molar-refractivity contribution in [1.29, 1.82) is 0 Å². The smallest absolute Gasteiger partial charge is 0.0353 e. The van der Waals surface area contributed by atoms with Gasteiger partial charge in [0.25, 0.3) is 0 Å². The number of rotatable bonds is 1. The molecule has 0 N–H and O–H groups in total. The van der Waals surface area contributed by atoms with Gasteiger partial charge in [-0.2, -0.15) is 0 Å². The Morgan fingerprint density at radius 1 is 1.36 bits per heavy atom. The fraction of sp³-hybridized carbons (Fsp3) is 0.273. The van der Waals surface area contributed by atoms with Crippen LogP contribution in [0.3, 0.4) is 0 Å². The van der Waals surface area contributed by atoms with Gasteiger partial charge >= 0.3 is 0 Å². The average Bonchev–Trinajstić information content (AvgIpc) is 1.99. The Morgan fingerprint density at radius 3 is 2.73 bits per heavy atom. The van der Waals surface area contributed by atoms with E-state index in [0.717, 1.165) is 0 Å². The molecule has 0 heteroatoms. The maximum absolute atomic E-state index is 6.86. The second-order valence-corrected chi connectivity index (χ2v) is 2.71. The van der Waals surface area contributed by atoms with Crippen molar-refractivity contribution in [2.75, 3.05) is 0 Å². The van der Waals surface area contributed by atoms with Gasteiger partial charge in [0, 0.05) is 6.42 Å². The molecule has 0 aliphatic heterocycles. The first-order valence-electron chi connectivity index (χ1n) is 3.70. The summed E-state index contributed by atoms with van der Waals surface area (Å²) < 4.78 is 0. The molecule has 55 valence electrons. The lowest BCUT2D eigenvalue weighted by Crippen LogP contribution is -1.89.